The fourth-order valence-corrected chi connectivity index (χ4v) is 4.77. The molecule has 0 N–H and O–H groups in total. The van der Waals surface area contributed by atoms with E-state index in [1.165, 1.54) is 20.4 Å². The van der Waals surface area contributed by atoms with E-state index in [0.29, 0.717) is 0 Å². The van der Waals surface area contributed by atoms with Crippen molar-refractivity contribution >= 4 is 10.2 Å². The molecule has 0 bridgehead atoms. The van der Waals surface area contributed by atoms with Crippen LogP contribution in [0.4, 0.5) is 0 Å². The SMILES string of the molecule is CC1=C(C)C([SiH3])[C]([Ni][C]2=CC=CC2)=C1C. The van der Waals surface area contributed by atoms with Crippen LogP contribution in [0.3, 0.4) is 0 Å². The normalized spacial score (nSPS) is 26.1. The van der Waals surface area contributed by atoms with Crippen LogP contribution in [0.1, 0.15) is 27.2 Å². The fourth-order valence-electron chi connectivity index (χ4n) is 1.99. The molecule has 0 aliphatic heterocycles. The molecule has 84 valence electrons. The summed E-state index contributed by atoms with van der Waals surface area (Å²) in [5.74, 6) is 0. The molecule has 0 spiro atoms. The van der Waals surface area contributed by atoms with E-state index in [0.717, 1.165) is 12.0 Å². The number of rotatable bonds is 2. The Hall–Kier alpha value is -0.330. The van der Waals surface area contributed by atoms with Gasteiger partial charge in [0.05, 0.1) is 0 Å². The summed E-state index contributed by atoms with van der Waals surface area (Å²) in [6.45, 7) is 6.86. The van der Waals surface area contributed by atoms with E-state index in [-0.39, 0.29) is 0 Å². The standard InChI is InChI=1S/C8H13Si.C5H5.Ni/c1-5-4-8(9)7(3)6(5)2;1-2-4-5-3-1;/h8H,1-3,9H3;1-3H,4H2;. The van der Waals surface area contributed by atoms with E-state index in [1.807, 2.05) is 14.4 Å². The van der Waals surface area contributed by atoms with E-state index in [1.54, 1.807) is 15.7 Å². The molecular weight excluding hydrogens is 243 g/mol. The first-order valence-electron chi connectivity index (χ1n) is 5.44. The van der Waals surface area contributed by atoms with Crippen LogP contribution in [-0.4, -0.2) is 10.2 Å². The average molecular weight is 261 g/mol. The van der Waals surface area contributed by atoms with Gasteiger partial charge in [-0.05, 0) is 0 Å². The first kappa shape index (κ1) is 11.2. The molecule has 0 heterocycles. The van der Waals surface area contributed by atoms with E-state index >= 15 is 0 Å². The van der Waals surface area contributed by atoms with Gasteiger partial charge in [0.1, 0.15) is 0 Å². The van der Waals surface area contributed by atoms with Gasteiger partial charge in [0, 0.05) is 0 Å². The van der Waals surface area contributed by atoms with Gasteiger partial charge < -0.3 is 0 Å². The van der Waals surface area contributed by atoms with Gasteiger partial charge in [-0.1, -0.05) is 0 Å². The summed E-state index contributed by atoms with van der Waals surface area (Å²) >= 11 is 1.81. The van der Waals surface area contributed by atoms with Gasteiger partial charge >= 0.3 is 101 Å². The van der Waals surface area contributed by atoms with Gasteiger partial charge in [-0.3, -0.25) is 0 Å². The summed E-state index contributed by atoms with van der Waals surface area (Å²) in [5, 5.41) is 0. The summed E-state index contributed by atoms with van der Waals surface area (Å²) in [5.41, 5.74) is 5.46. The maximum absolute atomic E-state index is 2.30. The molecule has 0 aromatic rings. The number of hydrogen-bond acceptors (Lipinski definition) is 0. The molecular formula is C13H18NiSi. The van der Waals surface area contributed by atoms with Crippen LogP contribution in [0.2, 0.25) is 5.54 Å². The number of hydrogen-bond donors (Lipinski definition) is 0. The van der Waals surface area contributed by atoms with Gasteiger partial charge in [-0.2, -0.15) is 0 Å². The first-order valence-corrected chi connectivity index (χ1v) is 7.58. The number of allylic oxidation sites excluding steroid dienone is 8. The summed E-state index contributed by atoms with van der Waals surface area (Å²) < 4.78 is 3.17. The van der Waals surface area contributed by atoms with Crippen molar-refractivity contribution in [3.63, 3.8) is 0 Å². The van der Waals surface area contributed by atoms with Crippen LogP contribution in [-0.2, 0) is 14.4 Å². The summed E-state index contributed by atoms with van der Waals surface area (Å²) in [4.78, 5) is 0. The van der Waals surface area contributed by atoms with Crippen LogP contribution in [0, 0.1) is 0 Å². The quantitative estimate of drug-likeness (QED) is 0.670. The van der Waals surface area contributed by atoms with Crippen molar-refractivity contribution in [1.82, 2.24) is 0 Å². The monoisotopic (exact) mass is 260 g/mol. The predicted octanol–water partition coefficient (Wildman–Crippen LogP) is 2.69. The van der Waals surface area contributed by atoms with Crippen LogP contribution in [0.25, 0.3) is 0 Å². The molecule has 2 heteroatoms. The molecule has 1 atom stereocenters. The van der Waals surface area contributed by atoms with Crippen LogP contribution in [0.5, 0.6) is 0 Å². The van der Waals surface area contributed by atoms with Crippen molar-refractivity contribution < 1.29 is 14.4 Å². The van der Waals surface area contributed by atoms with Crippen LogP contribution >= 0.6 is 0 Å². The molecule has 15 heavy (non-hydrogen) atoms. The summed E-state index contributed by atoms with van der Waals surface area (Å²) in [6.07, 6.45) is 7.82. The average Bonchev–Trinajstić information content (AvgIpc) is 2.79. The zero-order valence-electron chi connectivity index (χ0n) is 9.83. The van der Waals surface area contributed by atoms with Gasteiger partial charge in [-0.15, -0.1) is 0 Å². The molecule has 0 radical (unpaired) electrons. The van der Waals surface area contributed by atoms with Gasteiger partial charge in [0.2, 0.25) is 0 Å². The Labute approximate surface area is 101 Å². The third kappa shape index (κ3) is 1.98. The van der Waals surface area contributed by atoms with E-state index in [9.17, 15) is 0 Å². The second-order valence-electron chi connectivity index (χ2n) is 4.25. The maximum atomic E-state index is 2.30. The molecule has 0 amide bonds. The zero-order valence-corrected chi connectivity index (χ0v) is 12.8. The molecule has 1 unspecified atom stereocenters. The third-order valence-electron chi connectivity index (χ3n) is 3.38. The van der Waals surface area contributed by atoms with E-state index in [4.69, 9.17) is 0 Å². The molecule has 0 nitrogen and oxygen atoms in total. The molecule has 0 aromatic heterocycles. The minimum atomic E-state index is 0.770. The van der Waals surface area contributed by atoms with Crippen molar-refractivity contribution in [2.75, 3.05) is 0 Å². The topological polar surface area (TPSA) is 0 Å². The Morgan fingerprint density at radius 1 is 1.27 bits per heavy atom. The fraction of sp³-hybridized carbons (Fsp3) is 0.385. The van der Waals surface area contributed by atoms with E-state index in [2.05, 4.69) is 39.0 Å². The van der Waals surface area contributed by atoms with Crippen molar-refractivity contribution in [2.45, 2.75) is 32.7 Å². The van der Waals surface area contributed by atoms with Crippen molar-refractivity contribution in [1.29, 1.82) is 0 Å². The van der Waals surface area contributed by atoms with Crippen molar-refractivity contribution in [3.05, 3.63) is 44.0 Å². The summed E-state index contributed by atoms with van der Waals surface area (Å²) in [7, 11) is 1.25. The minimum absolute atomic E-state index is 0.770. The Morgan fingerprint density at radius 2 is 2.00 bits per heavy atom. The first-order chi connectivity index (χ1) is 7.11. The summed E-state index contributed by atoms with van der Waals surface area (Å²) in [6, 6.07) is 0. The Balaban J connectivity index is 2.18. The molecule has 0 saturated heterocycles. The van der Waals surface area contributed by atoms with Gasteiger partial charge in [-0.25, -0.2) is 0 Å². The Bertz CT molecular complexity index is 410. The predicted molar refractivity (Wildman–Crippen MR) is 66.6 cm³/mol. The molecule has 0 saturated carbocycles. The Kier molecular flexibility index (Phi) is 3.18. The molecule has 2 aliphatic carbocycles. The van der Waals surface area contributed by atoms with Crippen LogP contribution in [0.15, 0.2) is 44.0 Å². The molecule has 2 aliphatic rings. The van der Waals surface area contributed by atoms with Crippen molar-refractivity contribution in [3.8, 4) is 0 Å². The third-order valence-corrected chi connectivity index (χ3v) is 7.04. The van der Waals surface area contributed by atoms with Gasteiger partial charge in [0.25, 0.3) is 0 Å². The van der Waals surface area contributed by atoms with E-state index < -0.39 is 0 Å². The molecule has 2 rings (SSSR count). The van der Waals surface area contributed by atoms with Crippen LogP contribution < -0.4 is 0 Å². The van der Waals surface area contributed by atoms with Crippen molar-refractivity contribution in [2.24, 2.45) is 0 Å². The Morgan fingerprint density at radius 3 is 2.47 bits per heavy atom. The molecule has 0 fully saturated rings. The molecule has 0 aromatic carbocycles. The second kappa shape index (κ2) is 4.27. The van der Waals surface area contributed by atoms with Gasteiger partial charge in [0.15, 0.2) is 0 Å². The zero-order chi connectivity index (χ0) is 11.0. The second-order valence-corrected chi connectivity index (χ2v) is 6.82.